The second kappa shape index (κ2) is 8.16. The predicted octanol–water partition coefficient (Wildman–Crippen LogP) is 3.08. The van der Waals surface area contributed by atoms with Crippen LogP contribution in [-0.2, 0) is 13.0 Å². The van der Waals surface area contributed by atoms with E-state index >= 15 is 0 Å². The summed E-state index contributed by atoms with van der Waals surface area (Å²) in [6.07, 6.45) is -7.16. The molecule has 164 valence electrons. The van der Waals surface area contributed by atoms with Crippen LogP contribution in [0.25, 0.3) is 11.0 Å². The molecule has 8 heteroatoms. The average molecular weight is 436 g/mol. The van der Waals surface area contributed by atoms with Crippen LogP contribution in [-0.4, -0.2) is 44.3 Å². The van der Waals surface area contributed by atoms with E-state index in [2.05, 4.69) is 10.1 Å². The van der Waals surface area contributed by atoms with Crippen molar-refractivity contribution < 1.29 is 26.4 Å². The summed E-state index contributed by atoms with van der Waals surface area (Å²) in [6.45, 7) is -5.43. The Morgan fingerprint density at radius 3 is 3.00 bits per heavy atom. The number of halogens is 1. The molecule has 2 aliphatic rings. The Balaban J connectivity index is 1.59. The van der Waals surface area contributed by atoms with Gasteiger partial charge < -0.3 is 14.5 Å². The highest BCUT2D eigenvalue weighted by Gasteiger charge is 2.26. The van der Waals surface area contributed by atoms with Crippen LogP contribution in [0, 0.1) is 12.7 Å². The molecule has 0 aliphatic carbocycles. The molecule has 5 rings (SSSR count). The fourth-order valence-corrected chi connectivity index (χ4v) is 3.90. The van der Waals surface area contributed by atoms with Crippen LogP contribution in [0.3, 0.4) is 0 Å². The summed E-state index contributed by atoms with van der Waals surface area (Å²) in [4.78, 5) is 17.9. The van der Waals surface area contributed by atoms with Crippen molar-refractivity contribution in [2.24, 2.45) is 0 Å². The van der Waals surface area contributed by atoms with Gasteiger partial charge in [0.1, 0.15) is 17.7 Å². The molecule has 0 bridgehead atoms. The first kappa shape index (κ1) is 12.5. The van der Waals surface area contributed by atoms with Gasteiger partial charge in [0.05, 0.1) is 5.69 Å². The minimum absolute atomic E-state index is 0.0952. The van der Waals surface area contributed by atoms with E-state index < -0.39 is 61.4 Å². The van der Waals surface area contributed by atoms with Gasteiger partial charge in [-0.3, -0.25) is 9.36 Å². The topological polar surface area (TPSA) is 84.4 Å². The normalized spacial score (nSPS) is 32.1. The van der Waals surface area contributed by atoms with E-state index in [0.717, 1.165) is 18.2 Å². The molecule has 4 heterocycles. The zero-order valence-electron chi connectivity index (χ0n) is 25.8. The summed E-state index contributed by atoms with van der Waals surface area (Å²) in [5.41, 5.74) is -1.12. The first-order valence-corrected chi connectivity index (χ1v) is 10.0. The van der Waals surface area contributed by atoms with Gasteiger partial charge in [0.15, 0.2) is 5.58 Å². The number of aromatic nitrogens is 3. The fourth-order valence-electron chi connectivity index (χ4n) is 3.90. The third kappa shape index (κ3) is 3.78. The zero-order valence-corrected chi connectivity index (χ0v) is 16.8. The van der Waals surface area contributed by atoms with Crippen LogP contribution in [0.15, 0.2) is 27.5 Å². The van der Waals surface area contributed by atoms with E-state index in [0.29, 0.717) is 24.3 Å². The number of aliphatic hydroxyl groups is 1. The SMILES string of the molecule is [2H]C1([2H])N(CCc2c(C)nc3n(c2=O)CCCC3O)C([2H])([2H])C([2H])([2H])C([2H])(c2noc3cc(F)ccc23)C1([2H])[2H]. The molecule has 0 amide bonds. The monoisotopic (exact) mass is 435 g/mol. The molecule has 1 fully saturated rings. The van der Waals surface area contributed by atoms with Gasteiger partial charge >= 0.3 is 0 Å². The molecule has 1 saturated heterocycles. The van der Waals surface area contributed by atoms with Crippen molar-refractivity contribution in [2.45, 2.75) is 57.5 Å². The lowest BCUT2D eigenvalue weighted by Crippen LogP contribution is -2.37. The van der Waals surface area contributed by atoms with Gasteiger partial charge in [-0.15, -0.1) is 0 Å². The zero-order chi connectivity index (χ0) is 29.6. The van der Waals surface area contributed by atoms with E-state index in [-0.39, 0.29) is 34.5 Å². The van der Waals surface area contributed by atoms with Gasteiger partial charge in [-0.05, 0) is 64.1 Å². The fraction of sp³-hybridized carbons (Fsp3) is 0.522. The Bertz CT molecular complexity index is 1530. The lowest BCUT2D eigenvalue weighted by Gasteiger charge is -2.31. The van der Waals surface area contributed by atoms with Crippen molar-refractivity contribution in [1.29, 1.82) is 0 Å². The lowest BCUT2D eigenvalue weighted by atomic mass is 9.91. The predicted molar refractivity (Wildman–Crippen MR) is 114 cm³/mol. The quantitative estimate of drug-likeness (QED) is 0.678. The van der Waals surface area contributed by atoms with Crippen molar-refractivity contribution in [2.75, 3.05) is 19.5 Å². The van der Waals surface area contributed by atoms with Gasteiger partial charge in [0.25, 0.3) is 5.56 Å². The third-order valence-electron chi connectivity index (χ3n) is 5.54. The number of benzene rings is 1. The highest BCUT2D eigenvalue weighted by molar-refractivity contribution is 5.79. The number of nitrogens with zero attached hydrogens (tertiary/aromatic N) is 4. The van der Waals surface area contributed by atoms with E-state index in [1.807, 2.05) is 0 Å². The first-order chi connectivity index (χ1) is 18.4. The number of rotatable bonds is 4. The van der Waals surface area contributed by atoms with E-state index in [1.165, 1.54) is 11.5 Å². The second-order valence-corrected chi connectivity index (χ2v) is 7.57. The van der Waals surface area contributed by atoms with Crippen LogP contribution >= 0.6 is 0 Å². The summed E-state index contributed by atoms with van der Waals surface area (Å²) < 4.78 is 98.9. The van der Waals surface area contributed by atoms with Crippen molar-refractivity contribution in [3.8, 4) is 0 Å². The molecule has 1 unspecified atom stereocenters. The smallest absolute Gasteiger partial charge is 0.257 e. The summed E-state index contributed by atoms with van der Waals surface area (Å²) in [6, 6.07) is 2.94. The van der Waals surface area contributed by atoms with Crippen LogP contribution < -0.4 is 5.56 Å². The molecule has 1 atom stereocenters. The van der Waals surface area contributed by atoms with Gasteiger partial charge in [0.2, 0.25) is 0 Å². The molecule has 2 aliphatic heterocycles. The highest BCUT2D eigenvalue weighted by atomic mass is 19.1. The molecule has 1 N–H and O–H groups in total. The van der Waals surface area contributed by atoms with Crippen LogP contribution in [0.2, 0.25) is 0 Å². The van der Waals surface area contributed by atoms with E-state index in [9.17, 15) is 14.3 Å². The van der Waals surface area contributed by atoms with Gasteiger partial charge in [0, 0.05) is 54.0 Å². The molecule has 7 nitrogen and oxygen atoms in total. The second-order valence-electron chi connectivity index (χ2n) is 7.57. The Morgan fingerprint density at radius 1 is 1.39 bits per heavy atom. The van der Waals surface area contributed by atoms with Crippen molar-refractivity contribution in [3.05, 3.63) is 57.1 Å². The third-order valence-corrected chi connectivity index (χ3v) is 5.54. The average Bonchev–Trinajstić information content (AvgIpc) is 3.28. The molecular weight excluding hydrogens is 399 g/mol. The minimum Gasteiger partial charge on any atom is -0.385 e. The number of fused-ring (bicyclic) bond motifs is 2. The minimum atomic E-state index is -3.45. The van der Waals surface area contributed by atoms with Crippen molar-refractivity contribution in [3.63, 3.8) is 0 Å². The largest absolute Gasteiger partial charge is 0.385 e. The summed E-state index contributed by atoms with van der Waals surface area (Å²) in [7, 11) is 0. The Hall–Kier alpha value is -2.58. The van der Waals surface area contributed by atoms with Crippen molar-refractivity contribution >= 4 is 11.0 Å². The molecule has 1 aromatic carbocycles. The number of hydrogen-bond donors (Lipinski definition) is 1. The maximum Gasteiger partial charge on any atom is 0.257 e. The van der Waals surface area contributed by atoms with Crippen LogP contribution in [0.5, 0.6) is 0 Å². The van der Waals surface area contributed by atoms with Crippen LogP contribution in [0.1, 0.15) is 72.7 Å². The maximum absolute atomic E-state index is 13.7. The van der Waals surface area contributed by atoms with Crippen LogP contribution in [0.4, 0.5) is 4.39 Å². The number of piperidine rings is 1. The maximum atomic E-state index is 13.7. The van der Waals surface area contributed by atoms with Crippen molar-refractivity contribution in [1.82, 2.24) is 19.6 Å². The number of hydrogen-bond acceptors (Lipinski definition) is 6. The molecule has 3 aromatic rings. The molecule has 0 spiro atoms. The van der Waals surface area contributed by atoms with E-state index in [4.69, 9.17) is 16.9 Å². The lowest BCUT2D eigenvalue weighted by molar-refractivity contribution is 0.129. The number of aliphatic hydroxyl groups excluding tert-OH is 1. The number of likely N-dealkylation sites (tertiary alicyclic amines) is 1. The van der Waals surface area contributed by atoms with Gasteiger partial charge in [-0.1, -0.05) is 5.16 Å². The molecular formula is C23H27FN4O3. The Labute approximate surface area is 192 Å². The summed E-state index contributed by atoms with van der Waals surface area (Å²) in [5, 5.41) is 13.7. The van der Waals surface area contributed by atoms with Gasteiger partial charge in [-0.2, -0.15) is 0 Å². The standard InChI is InChI=1S/C23H27FN4O3/c1-14-17(23(30)28-9-2-3-19(29)22(28)25-14)8-12-27-10-6-15(7-11-27)21-18-5-4-16(24)13-20(18)31-26-21/h4-5,13,15,19,29H,2-3,6-12H2,1H3/i6D2,7D2,10D2,11D2,15D. The molecule has 0 saturated carbocycles. The Morgan fingerprint density at radius 2 is 2.19 bits per heavy atom. The molecule has 31 heavy (non-hydrogen) atoms. The molecule has 0 radical (unpaired) electrons. The number of aryl methyl sites for hydroxylation is 1. The summed E-state index contributed by atoms with van der Waals surface area (Å²) >= 11 is 0. The van der Waals surface area contributed by atoms with E-state index in [1.54, 1.807) is 0 Å². The first-order valence-electron chi connectivity index (χ1n) is 14.5. The summed E-state index contributed by atoms with van der Waals surface area (Å²) in [5.74, 6) is -3.84. The highest BCUT2D eigenvalue weighted by Crippen LogP contribution is 2.32. The Kier molecular flexibility index (Phi) is 3.28. The molecule has 2 aromatic heterocycles. The van der Waals surface area contributed by atoms with Gasteiger partial charge in [-0.25, -0.2) is 9.37 Å².